The summed E-state index contributed by atoms with van der Waals surface area (Å²) in [5, 5.41) is 10.5. The molecule has 1 amide bonds. The number of likely N-dealkylation sites (tertiary alicyclic amines) is 1. The lowest BCUT2D eigenvalue weighted by Gasteiger charge is -2.55. The van der Waals surface area contributed by atoms with Crippen LogP contribution in [-0.2, 0) is 4.79 Å². The first-order chi connectivity index (χ1) is 12.3. The van der Waals surface area contributed by atoms with Crippen molar-refractivity contribution in [2.24, 2.45) is 11.3 Å². The first kappa shape index (κ1) is 18.1. The third kappa shape index (κ3) is 3.44. The number of rotatable bonds is 3. The van der Waals surface area contributed by atoms with Crippen LogP contribution < -0.4 is 4.74 Å². The van der Waals surface area contributed by atoms with Crippen molar-refractivity contribution in [1.29, 1.82) is 0 Å². The van der Waals surface area contributed by atoms with Gasteiger partial charge in [0.2, 0.25) is 11.8 Å². The standard InChI is InChI=1S/C20H27ClN2O3/c1-13-16(21)3-4-17(22-13)26-15-5-7-20(8-6-15)11-23(12-20)18(24)14-9-19(2,25)10-14/h3-4,14-15,25H,5-12H2,1-2H3/t14-,19+. The van der Waals surface area contributed by atoms with Crippen molar-refractivity contribution < 1.29 is 14.6 Å². The molecule has 0 bridgehead atoms. The van der Waals surface area contributed by atoms with Gasteiger partial charge in [0.1, 0.15) is 6.10 Å². The molecule has 2 heterocycles. The van der Waals surface area contributed by atoms with Gasteiger partial charge in [0.05, 0.1) is 16.3 Å². The molecule has 142 valence electrons. The number of nitrogens with zero attached hydrogens (tertiary/aromatic N) is 2. The number of hydrogen-bond donors (Lipinski definition) is 1. The molecule has 0 unspecified atom stereocenters. The third-order valence-corrected chi connectivity index (χ3v) is 6.76. The van der Waals surface area contributed by atoms with Gasteiger partial charge in [0.25, 0.3) is 0 Å². The molecule has 0 aromatic carbocycles. The van der Waals surface area contributed by atoms with E-state index in [4.69, 9.17) is 16.3 Å². The zero-order chi connectivity index (χ0) is 18.5. The number of halogens is 1. The van der Waals surface area contributed by atoms with Crippen LogP contribution in [0.2, 0.25) is 5.02 Å². The fourth-order valence-electron chi connectivity index (χ4n) is 4.75. The Morgan fingerprint density at radius 2 is 1.96 bits per heavy atom. The zero-order valence-corrected chi connectivity index (χ0v) is 16.3. The smallest absolute Gasteiger partial charge is 0.225 e. The number of ether oxygens (including phenoxy) is 1. The quantitative estimate of drug-likeness (QED) is 0.876. The minimum absolute atomic E-state index is 0.0289. The van der Waals surface area contributed by atoms with Crippen molar-refractivity contribution in [1.82, 2.24) is 9.88 Å². The minimum Gasteiger partial charge on any atom is -0.474 e. The number of aromatic nitrogens is 1. The van der Waals surface area contributed by atoms with Crippen molar-refractivity contribution >= 4 is 17.5 Å². The third-order valence-electron chi connectivity index (χ3n) is 6.36. The second kappa shape index (κ2) is 6.38. The van der Waals surface area contributed by atoms with Gasteiger partial charge >= 0.3 is 0 Å². The molecule has 1 N–H and O–H groups in total. The van der Waals surface area contributed by atoms with Gasteiger partial charge in [0.15, 0.2) is 0 Å². The fourth-order valence-corrected chi connectivity index (χ4v) is 4.85. The van der Waals surface area contributed by atoms with Gasteiger partial charge < -0.3 is 14.7 Å². The summed E-state index contributed by atoms with van der Waals surface area (Å²) in [5.41, 5.74) is 0.442. The van der Waals surface area contributed by atoms with E-state index >= 15 is 0 Å². The lowest BCUT2D eigenvalue weighted by atomic mass is 9.66. The van der Waals surface area contributed by atoms with E-state index in [-0.39, 0.29) is 23.3 Å². The molecule has 1 aromatic rings. The number of hydrogen-bond acceptors (Lipinski definition) is 4. The first-order valence-electron chi connectivity index (χ1n) is 9.56. The molecule has 0 radical (unpaired) electrons. The van der Waals surface area contributed by atoms with Crippen LogP contribution in [0.5, 0.6) is 5.88 Å². The van der Waals surface area contributed by atoms with Crippen LogP contribution >= 0.6 is 11.6 Å². The molecule has 3 aliphatic rings. The second-order valence-corrected chi connectivity index (χ2v) is 9.24. The Labute approximate surface area is 159 Å². The van der Waals surface area contributed by atoms with Gasteiger partial charge in [-0.15, -0.1) is 0 Å². The van der Waals surface area contributed by atoms with E-state index in [1.807, 2.05) is 30.9 Å². The van der Waals surface area contributed by atoms with Crippen LogP contribution in [0.4, 0.5) is 0 Å². The van der Waals surface area contributed by atoms with Crippen LogP contribution in [0.3, 0.4) is 0 Å². The number of aryl methyl sites for hydroxylation is 1. The van der Waals surface area contributed by atoms with E-state index in [1.54, 1.807) is 0 Å². The topological polar surface area (TPSA) is 62.7 Å². The highest BCUT2D eigenvalue weighted by Crippen LogP contribution is 2.47. The summed E-state index contributed by atoms with van der Waals surface area (Å²) < 4.78 is 6.04. The number of carbonyl (C=O) groups excluding carboxylic acids is 1. The largest absolute Gasteiger partial charge is 0.474 e. The molecule has 26 heavy (non-hydrogen) atoms. The Morgan fingerprint density at radius 3 is 2.54 bits per heavy atom. The maximum atomic E-state index is 12.5. The highest BCUT2D eigenvalue weighted by Gasteiger charge is 2.51. The summed E-state index contributed by atoms with van der Waals surface area (Å²) in [6.07, 6.45) is 5.61. The fraction of sp³-hybridized carbons (Fsp3) is 0.700. The normalized spacial score (nSPS) is 30.6. The van der Waals surface area contributed by atoms with Gasteiger partial charge in [-0.1, -0.05) is 11.6 Å². The van der Waals surface area contributed by atoms with Crippen LogP contribution in [0, 0.1) is 18.3 Å². The van der Waals surface area contributed by atoms with Gasteiger partial charge in [-0.05, 0) is 58.4 Å². The molecular weight excluding hydrogens is 352 g/mol. The molecule has 1 aromatic heterocycles. The van der Waals surface area contributed by atoms with E-state index < -0.39 is 5.60 Å². The lowest BCUT2D eigenvalue weighted by molar-refractivity contribution is -0.164. The van der Waals surface area contributed by atoms with E-state index in [0.29, 0.717) is 23.7 Å². The molecule has 1 aliphatic heterocycles. The second-order valence-electron chi connectivity index (χ2n) is 8.83. The Bertz CT molecular complexity index is 697. The van der Waals surface area contributed by atoms with Crippen molar-refractivity contribution in [3.63, 3.8) is 0 Å². The SMILES string of the molecule is Cc1nc(OC2CCC3(CC2)CN(C(=O)[C@H]2C[C@@](C)(O)C2)C3)ccc1Cl. The number of aliphatic hydroxyl groups is 1. The minimum atomic E-state index is -0.633. The Balaban J connectivity index is 1.24. The maximum Gasteiger partial charge on any atom is 0.225 e. The zero-order valence-electron chi connectivity index (χ0n) is 15.5. The lowest BCUT2D eigenvalue weighted by Crippen LogP contribution is -2.63. The highest BCUT2D eigenvalue weighted by molar-refractivity contribution is 6.31. The monoisotopic (exact) mass is 378 g/mol. The Hall–Kier alpha value is -1.33. The average Bonchev–Trinajstić information content (AvgIpc) is 2.54. The van der Waals surface area contributed by atoms with E-state index in [2.05, 4.69) is 4.98 Å². The summed E-state index contributed by atoms with van der Waals surface area (Å²) in [5.74, 6) is 0.915. The van der Waals surface area contributed by atoms with Crippen molar-refractivity contribution in [2.45, 2.75) is 64.1 Å². The summed E-state index contributed by atoms with van der Waals surface area (Å²) in [7, 11) is 0. The summed E-state index contributed by atoms with van der Waals surface area (Å²) in [4.78, 5) is 18.8. The van der Waals surface area contributed by atoms with Gasteiger partial charge in [0, 0.05) is 30.5 Å². The summed E-state index contributed by atoms with van der Waals surface area (Å²) in [6.45, 7) is 5.43. The number of amides is 1. The van der Waals surface area contributed by atoms with Gasteiger partial charge in [-0.3, -0.25) is 4.79 Å². The van der Waals surface area contributed by atoms with Crippen molar-refractivity contribution in [3.05, 3.63) is 22.8 Å². The molecule has 5 nitrogen and oxygen atoms in total. The van der Waals surface area contributed by atoms with Crippen molar-refractivity contribution in [3.8, 4) is 5.88 Å². The summed E-state index contributed by atoms with van der Waals surface area (Å²) >= 11 is 6.01. The molecular formula is C20H27ClN2O3. The predicted molar refractivity (Wildman–Crippen MR) is 99.2 cm³/mol. The average molecular weight is 379 g/mol. The number of carbonyl (C=O) groups is 1. The molecule has 6 heteroatoms. The van der Waals surface area contributed by atoms with Crippen LogP contribution in [0.25, 0.3) is 0 Å². The van der Waals surface area contributed by atoms with Crippen LogP contribution in [0.15, 0.2) is 12.1 Å². The highest BCUT2D eigenvalue weighted by atomic mass is 35.5. The molecule has 2 saturated carbocycles. The van der Waals surface area contributed by atoms with Gasteiger partial charge in [-0.2, -0.15) is 0 Å². The summed E-state index contributed by atoms with van der Waals surface area (Å²) in [6, 6.07) is 3.66. The van der Waals surface area contributed by atoms with Crippen LogP contribution in [0.1, 0.15) is 51.1 Å². The first-order valence-corrected chi connectivity index (χ1v) is 9.94. The molecule has 2 aliphatic carbocycles. The molecule has 0 atom stereocenters. The van der Waals surface area contributed by atoms with Crippen molar-refractivity contribution in [2.75, 3.05) is 13.1 Å². The maximum absolute atomic E-state index is 12.5. The van der Waals surface area contributed by atoms with Gasteiger partial charge in [-0.25, -0.2) is 4.98 Å². The molecule has 1 saturated heterocycles. The molecule has 4 rings (SSSR count). The molecule has 1 spiro atoms. The molecule has 3 fully saturated rings. The van der Waals surface area contributed by atoms with E-state index in [1.165, 1.54) is 0 Å². The Kier molecular flexibility index (Phi) is 4.43. The van der Waals surface area contributed by atoms with E-state index in [9.17, 15) is 9.90 Å². The van der Waals surface area contributed by atoms with E-state index in [0.717, 1.165) is 44.5 Å². The Morgan fingerprint density at radius 1 is 1.31 bits per heavy atom. The predicted octanol–water partition coefficient (Wildman–Crippen LogP) is 3.35. The van der Waals surface area contributed by atoms with Crippen LogP contribution in [-0.4, -0.2) is 45.7 Å². The number of pyridine rings is 1.